The summed E-state index contributed by atoms with van der Waals surface area (Å²) >= 11 is 1.06. The van der Waals surface area contributed by atoms with Crippen molar-refractivity contribution in [2.24, 2.45) is 0 Å². The summed E-state index contributed by atoms with van der Waals surface area (Å²) in [7, 11) is 0. The molecule has 0 radical (unpaired) electrons. The van der Waals surface area contributed by atoms with Crippen LogP contribution in [0.2, 0.25) is 0 Å². The Labute approximate surface area is 142 Å². The van der Waals surface area contributed by atoms with E-state index < -0.39 is 12.1 Å². The van der Waals surface area contributed by atoms with E-state index in [9.17, 15) is 18.0 Å². The van der Waals surface area contributed by atoms with E-state index >= 15 is 0 Å². The molecule has 130 valence electrons. The van der Waals surface area contributed by atoms with Crippen LogP contribution in [0, 0.1) is 0 Å². The van der Waals surface area contributed by atoms with Crippen LogP contribution in [0.25, 0.3) is 11.0 Å². The predicted octanol–water partition coefficient (Wildman–Crippen LogP) is 2.72. The summed E-state index contributed by atoms with van der Waals surface area (Å²) in [5.41, 5.74) is 1.82. The third kappa shape index (κ3) is 2.95. The highest BCUT2D eigenvalue weighted by molar-refractivity contribution is 7.00. The lowest BCUT2D eigenvalue weighted by atomic mass is 10.1. The van der Waals surface area contributed by atoms with Crippen LogP contribution in [0.1, 0.15) is 34.4 Å². The van der Waals surface area contributed by atoms with Gasteiger partial charge < -0.3 is 9.42 Å². The van der Waals surface area contributed by atoms with Gasteiger partial charge in [0.1, 0.15) is 11.0 Å². The Bertz CT molecular complexity index is 938. The summed E-state index contributed by atoms with van der Waals surface area (Å²) in [5, 5.41) is 3.40. The number of alkyl halides is 3. The first kappa shape index (κ1) is 15.9. The molecule has 0 bridgehead atoms. The summed E-state index contributed by atoms with van der Waals surface area (Å²) < 4.78 is 50.1. The van der Waals surface area contributed by atoms with Crippen molar-refractivity contribution < 1.29 is 22.5 Å². The molecule has 11 heteroatoms. The van der Waals surface area contributed by atoms with E-state index in [-0.39, 0.29) is 24.2 Å². The van der Waals surface area contributed by atoms with Crippen LogP contribution in [-0.2, 0) is 6.18 Å². The Kier molecular flexibility index (Phi) is 3.67. The van der Waals surface area contributed by atoms with Gasteiger partial charge in [-0.3, -0.25) is 4.79 Å². The quantitative estimate of drug-likeness (QED) is 0.691. The molecule has 2 aromatic heterocycles. The van der Waals surface area contributed by atoms with Crippen LogP contribution in [-0.4, -0.2) is 42.8 Å². The number of benzene rings is 1. The highest BCUT2D eigenvalue weighted by Crippen LogP contribution is 2.31. The van der Waals surface area contributed by atoms with Crippen molar-refractivity contribution >= 4 is 28.7 Å². The summed E-state index contributed by atoms with van der Waals surface area (Å²) in [4.78, 5) is 17.6. The van der Waals surface area contributed by atoms with Crippen molar-refractivity contribution in [1.82, 2.24) is 23.8 Å². The fourth-order valence-electron chi connectivity index (χ4n) is 2.77. The fraction of sp³-hybridized carbons (Fsp3) is 0.357. The second-order valence-electron chi connectivity index (χ2n) is 5.66. The lowest BCUT2D eigenvalue weighted by Crippen LogP contribution is -2.28. The molecular formula is C14H10F3N5O2S. The zero-order valence-corrected chi connectivity index (χ0v) is 13.3. The first-order valence-electron chi connectivity index (χ1n) is 7.34. The first-order valence-corrected chi connectivity index (χ1v) is 8.07. The van der Waals surface area contributed by atoms with Gasteiger partial charge in [0.05, 0.1) is 11.7 Å². The maximum absolute atomic E-state index is 12.6. The molecule has 1 aliphatic rings. The number of hydrogen-bond donors (Lipinski definition) is 0. The maximum atomic E-state index is 12.6. The minimum atomic E-state index is -4.67. The van der Waals surface area contributed by atoms with Crippen molar-refractivity contribution in [2.45, 2.75) is 18.5 Å². The molecular weight excluding hydrogens is 359 g/mol. The second-order valence-corrected chi connectivity index (χ2v) is 6.19. The van der Waals surface area contributed by atoms with Crippen molar-refractivity contribution in [1.29, 1.82) is 0 Å². The number of rotatable bonds is 2. The topological polar surface area (TPSA) is 85.0 Å². The number of halogens is 3. The lowest BCUT2D eigenvalue weighted by Gasteiger charge is -2.15. The number of likely N-dealkylation sites (tertiary alicyclic amines) is 1. The van der Waals surface area contributed by atoms with Crippen molar-refractivity contribution in [3.8, 4) is 0 Å². The molecule has 1 unspecified atom stereocenters. The Hall–Kier alpha value is -2.56. The minimum absolute atomic E-state index is 0.0261. The number of carbonyl (C=O) groups is 1. The summed E-state index contributed by atoms with van der Waals surface area (Å²) in [6, 6.07) is 5.04. The predicted molar refractivity (Wildman–Crippen MR) is 80.0 cm³/mol. The van der Waals surface area contributed by atoms with Gasteiger partial charge in [0.25, 0.3) is 5.91 Å². The number of hydrogen-bond acceptors (Lipinski definition) is 7. The fourth-order valence-corrected chi connectivity index (χ4v) is 3.29. The van der Waals surface area contributed by atoms with Crippen LogP contribution in [0.3, 0.4) is 0 Å². The highest BCUT2D eigenvalue weighted by Gasteiger charge is 2.40. The lowest BCUT2D eigenvalue weighted by molar-refractivity contribution is -0.159. The van der Waals surface area contributed by atoms with Crippen LogP contribution in [0.5, 0.6) is 0 Å². The third-order valence-electron chi connectivity index (χ3n) is 4.03. The smallest absolute Gasteiger partial charge is 0.338 e. The van der Waals surface area contributed by atoms with Gasteiger partial charge in [0.15, 0.2) is 5.82 Å². The van der Waals surface area contributed by atoms with E-state index in [1.165, 1.54) is 0 Å². The van der Waals surface area contributed by atoms with E-state index in [1.807, 2.05) is 0 Å². The molecule has 1 atom stereocenters. The molecule has 1 aliphatic heterocycles. The Morgan fingerprint density at radius 2 is 2.08 bits per heavy atom. The van der Waals surface area contributed by atoms with Gasteiger partial charge in [0.2, 0.25) is 0 Å². The van der Waals surface area contributed by atoms with Gasteiger partial charge in [-0.2, -0.15) is 26.9 Å². The van der Waals surface area contributed by atoms with E-state index in [2.05, 4.69) is 23.4 Å². The van der Waals surface area contributed by atoms with Crippen LogP contribution in [0.4, 0.5) is 13.2 Å². The summed E-state index contributed by atoms with van der Waals surface area (Å²) in [6.45, 7) is 0.649. The summed E-state index contributed by atoms with van der Waals surface area (Å²) in [5.74, 6) is -1.99. The Morgan fingerprint density at radius 1 is 1.28 bits per heavy atom. The molecule has 1 fully saturated rings. The molecule has 3 aromatic rings. The second kappa shape index (κ2) is 5.76. The molecule has 25 heavy (non-hydrogen) atoms. The number of aromatic nitrogens is 4. The van der Waals surface area contributed by atoms with Gasteiger partial charge in [-0.25, -0.2) is 0 Å². The average Bonchev–Trinajstić information content (AvgIpc) is 3.30. The van der Waals surface area contributed by atoms with Gasteiger partial charge in [-0.1, -0.05) is 5.16 Å². The number of amides is 1. The molecule has 1 aromatic carbocycles. The average molecular weight is 369 g/mol. The molecule has 1 saturated heterocycles. The van der Waals surface area contributed by atoms with E-state index in [1.54, 1.807) is 23.1 Å². The molecule has 0 N–H and O–H groups in total. The van der Waals surface area contributed by atoms with E-state index in [0.29, 0.717) is 29.6 Å². The standard InChI is InChI=1S/C14H10F3N5O2S/c15-14(16,17)13-18-11(19-24-13)8-3-4-22(6-8)12(23)7-1-2-9-10(5-7)21-25-20-9/h1-2,5,8H,3-4,6H2. The summed E-state index contributed by atoms with van der Waals surface area (Å²) in [6.07, 6.45) is -4.20. The van der Waals surface area contributed by atoms with Gasteiger partial charge >= 0.3 is 12.1 Å². The van der Waals surface area contributed by atoms with Gasteiger partial charge in [0, 0.05) is 24.6 Å². The normalized spacial score (nSPS) is 18.2. The van der Waals surface area contributed by atoms with Crippen LogP contribution in [0.15, 0.2) is 22.7 Å². The first-order chi connectivity index (χ1) is 11.9. The SMILES string of the molecule is O=C(c1ccc2nsnc2c1)N1CCC(c2noc(C(F)(F)F)n2)C1. The van der Waals surface area contributed by atoms with Crippen molar-refractivity contribution in [2.75, 3.05) is 13.1 Å². The molecule has 0 saturated carbocycles. The number of carbonyl (C=O) groups excluding carboxylic acids is 1. The molecule has 0 spiro atoms. The highest BCUT2D eigenvalue weighted by atomic mass is 32.1. The van der Waals surface area contributed by atoms with Crippen molar-refractivity contribution in [3.05, 3.63) is 35.5 Å². The number of nitrogens with zero attached hydrogens (tertiary/aromatic N) is 5. The molecule has 0 aliphatic carbocycles. The molecule has 3 heterocycles. The third-order valence-corrected chi connectivity index (χ3v) is 4.58. The van der Waals surface area contributed by atoms with Gasteiger partial charge in [-0.05, 0) is 24.6 Å². The van der Waals surface area contributed by atoms with Crippen LogP contribution < -0.4 is 0 Å². The maximum Gasteiger partial charge on any atom is 0.471 e. The van der Waals surface area contributed by atoms with E-state index in [0.717, 1.165) is 11.7 Å². The zero-order chi connectivity index (χ0) is 17.6. The molecule has 1 amide bonds. The number of fused-ring (bicyclic) bond motifs is 1. The largest absolute Gasteiger partial charge is 0.471 e. The monoisotopic (exact) mass is 369 g/mol. The molecule has 4 rings (SSSR count). The Morgan fingerprint density at radius 3 is 2.84 bits per heavy atom. The Balaban J connectivity index is 1.49. The van der Waals surface area contributed by atoms with Crippen LogP contribution >= 0.6 is 11.7 Å². The zero-order valence-electron chi connectivity index (χ0n) is 12.5. The van der Waals surface area contributed by atoms with Crippen molar-refractivity contribution in [3.63, 3.8) is 0 Å². The molecule has 7 nitrogen and oxygen atoms in total. The van der Waals surface area contributed by atoms with E-state index in [4.69, 9.17) is 0 Å². The minimum Gasteiger partial charge on any atom is -0.338 e. The van der Waals surface area contributed by atoms with Gasteiger partial charge in [-0.15, -0.1) is 0 Å².